The van der Waals surface area contributed by atoms with Crippen molar-refractivity contribution in [3.8, 4) is 0 Å². The molecule has 1 N–H and O–H groups in total. The van der Waals surface area contributed by atoms with Crippen LogP contribution >= 0.6 is 35.1 Å². The number of nitro groups is 1. The van der Waals surface area contributed by atoms with Crippen molar-refractivity contribution >= 4 is 75.3 Å². The maximum atomic E-state index is 13.0. The second-order valence-electron chi connectivity index (χ2n) is 9.00. The molecule has 0 saturated carbocycles. The molecule has 0 unspecified atom stereocenters. The number of hydrogen-bond donors (Lipinski definition) is 1. The first-order chi connectivity index (χ1) is 19.8. The van der Waals surface area contributed by atoms with E-state index in [1.807, 2.05) is 12.1 Å². The van der Waals surface area contributed by atoms with Crippen LogP contribution < -0.4 is 10.2 Å². The summed E-state index contributed by atoms with van der Waals surface area (Å²) in [6, 6.07) is 18.8. The maximum absolute atomic E-state index is 13.0. The number of hydrogen-bond acceptors (Lipinski definition) is 9. The summed E-state index contributed by atoms with van der Waals surface area (Å²) in [5, 5.41) is 14.4. The molecule has 10 nitrogen and oxygen atoms in total. The van der Waals surface area contributed by atoms with Gasteiger partial charge in [-0.1, -0.05) is 29.4 Å². The molecule has 2 aliphatic rings. The van der Waals surface area contributed by atoms with E-state index in [0.717, 1.165) is 28.6 Å². The predicted octanol–water partition coefficient (Wildman–Crippen LogP) is 5.91. The van der Waals surface area contributed by atoms with Gasteiger partial charge in [-0.2, -0.15) is 0 Å². The molecule has 3 amide bonds. The van der Waals surface area contributed by atoms with Crippen LogP contribution in [0.5, 0.6) is 0 Å². The largest absolute Gasteiger partial charge is 0.378 e. The lowest BCUT2D eigenvalue weighted by atomic mass is 10.2. The van der Waals surface area contributed by atoms with Crippen molar-refractivity contribution in [2.45, 2.75) is 9.79 Å². The van der Waals surface area contributed by atoms with E-state index in [4.69, 9.17) is 16.3 Å². The lowest BCUT2D eigenvalue weighted by Crippen LogP contribution is -2.36. The average Bonchev–Trinajstić information content (AvgIpc) is 3.23. The molecule has 0 radical (unpaired) electrons. The number of carbonyl (C=O) groups excluding carboxylic acids is 3. The van der Waals surface area contributed by atoms with Gasteiger partial charge in [-0.05, 0) is 78.0 Å². The number of imide groups is 1. The minimum atomic E-state index is -0.639. The zero-order valence-electron chi connectivity index (χ0n) is 21.4. The molecule has 3 aromatic rings. The fourth-order valence-electron chi connectivity index (χ4n) is 4.19. The van der Waals surface area contributed by atoms with E-state index in [-0.39, 0.29) is 10.6 Å². The number of benzene rings is 3. The number of halogens is 1. The summed E-state index contributed by atoms with van der Waals surface area (Å²) in [4.78, 5) is 53.7. The molecule has 0 atom stereocenters. The van der Waals surface area contributed by atoms with E-state index in [2.05, 4.69) is 10.2 Å². The highest BCUT2D eigenvalue weighted by molar-refractivity contribution is 8.18. The molecule has 2 heterocycles. The molecular weight excluding hydrogens is 588 g/mol. The van der Waals surface area contributed by atoms with Crippen molar-refractivity contribution < 1.29 is 24.0 Å². The van der Waals surface area contributed by atoms with Crippen LogP contribution in [0.2, 0.25) is 5.02 Å². The number of morpholine rings is 1. The number of amides is 3. The molecule has 41 heavy (non-hydrogen) atoms. The Morgan fingerprint density at radius 2 is 1.78 bits per heavy atom. The van der Waals surface area contributed by atoms with Crippen LogP contribution in [0.1, 0.15) is 5.56 Å². The highest BCUT2D eigenvalue weighted by Crippen LogP contribution is 2.37. The Balaban J connectivity index is 1.24. The van der Waals surface area contributed by atoms with Gasteiger partial charge in [-0.25, -0.2) is 0 Å². The Morgan fingerprint density at radius 3 is 2.46 bits per heavy atom. The lowest BCUT2D eigenvalue weighted by Gasteiger charge is -2.28. The van der Waals surface area contributed by atoms with Gasteiger partial charge in [0, 0.05) is 40.4 Å². The van der Waals surface area contributed by atoms with Gasteiger partial charge in [0.05, 0.1) is 27.9 Å². The zero-order chi connectivity index (χ0) is 28.9. The van der Waals surface area contributed by atoms with Crippen molar-refractivity contribution in [2.24, 2.45) is 0 Å². The van der Waals surface area contributed by atoms with Crippen LogP contribution in [-0.4, -0.2) is 59.7 Å². The van der Waals surface area contributed by atoms with Crippen LogP contribution in [0.3, 0.4) is 0 Å². The van der Waals surface area contributed by atoms with Gasteiger partial charge in [-0.3, -0.25) is 29.4 Å². The summed E-state index contributed by atoms with van der Waals surface area (Å²) in [6.45, 7) is 2.45. The maximum Gasteiger partial charge on any atom is 0.294 e. The summed E-state index contributed by atoms with van der Waals surface area (Å²) >= 11 is 7.81. The van der Waals surface area contributed by atoms with E-state index in [1.54, 1.807) is 48.5 Å². The minimum Gasteiger partial charge on any atom is -0.378 e. The van der Waals surface area contributed by atoms with Crippen molar-refractivity contribution in [1.29, 1.82) is 0 Å². The second-order valence-corrected chi connectivity index (χ2v) is 11.5. The van der Waals surface area contributed by atoms with Gasteiger partial charge in [0.15, 0.2) is 0 Å². The average molecular weight is 611 g/mol. The summed E-state index contributed by atoms with van der Waals surface area (Å²) < 4.78 is 5.37. The molecule has 0 aliphatic carbocycles. The number of nitrogens with one attached hydrogen (secondary N) is 1. The van der Waals surface area contributed by atoms with E-state index in [1.165, 1.54) is 23.9 Å². The molecule has 3 aromatic carbocycles. The summed E-state index contributed by atoms with van der Waals surface area (Å²) in [7, 11) is 0. The third-order valence-electron chi connectivity index (χ3n) is 6.22. The predicted molar refractivity (Wildman–Crippen MR) is 159 cm³/mol. The van der Waals surface area contributed by atoms with Crippen LogP contribution in [0.15, 0.2) is 81.4 Å². The lowest BCUT2D eigenvalue weighted by molar-refractivity contribution is -0.387. The molecule has 2 aliphatic heterocycles. The van der Waals surface area contributed by atoms with Crippen molar-refractivity contribution in [2.75, 3.05) is 43.1 Å². The Kier molecular flexibility index (Phi) is 8.93. The Hall–Kier alpha value is -3.84. The molecular formula is C28H23ClN4O6S2. The fourth-order valence-corrected chi connectivity index (χ4v) is 6.06. The van der Waals surface area contributed by atoms with Gasteiger partial charge < -0.3 is 15.0 Å². The third-order valence-corrected chi connectivity index (χ3v) is 8.45. The van der Waals surface area contributed by atoms with Crippen LogP contribution in [0.4, 0.5) is 21.9 Å². The standard InChI is InChI=1S/C28H23ClN4O6S2/c29-19-2-8-22(9-3-19)40-24-10-1-18(15-23(24)33(37)38)16-25-27(35)32(28(36)41-25)17-26(34)30-20-4-6-21(7-5-20)31-11-13-39-14-12-31/h1-10,15-16H,11-14,17H2,(H,30,34)/b25-16-. The summed E-state index contributed by atoms with van der Waals surface area (Å²) in [5.74, 6) is -1.16. The van der Waals surface area contributed by atoms with Gasteiger partial charge in [0.1, 0.15) is 6.54 Å². The smallest absolute Gasteiger partial charge is 0.294 e. The van der Waals surface area contributed by atoms with Crippen LogP contribution in [0, 0.1) is 10.1 Å². The summed E-state index contributed by atoms with van der Waals surface area (Å²) in [5.41, 5.74) is 1.79. The molecule has 0 bridgehead atoms. The molecule has 13 heteroatoms. The Morgan fingerprint density at radius 1 is 1.07 bits per heavy atom. The first-order valence-electron chi connectivity index (χ1n) is 12.5. The number of nitrogens with zero attached hydrogens (tertiary/aromatic N) is 3. The van der Waals surface area contributed by atoms with Crippen molar-refractivity contribution in [3.05, 3.63) is 92.3 Å². The second kappa shape index (κ2) is 12.8. The summed E-state index contributed by atoms with van der Waals surface area (Å²) in [6.07, 6.45) is 1.41. The molecule has 5 rings (SSSR count). The molecule has 0 spiro atoms. The zero-order valence-corrected chi connectivity index (χ0v) is 23.8. The first kappa shape index (κ1) is 28.7. The third kappa shape index (κ3) is 7.09. The monoisotopic (exact) mass is 610 g/mol. The highest BCUT2D eigenvalue weighted by atomic mass is 35.5. The number of thioether (sulfide) groups is 1. The highest BCUT2D eigenvalue weighted by Gasteiger charge is 2.36. The number of nitro benzene ring substituents is 1. The van der Waals surface area contributed by atoms with Crippen LogP contribution in [0.25, 0.3) is 6.08 Å². The molecule has 2 fully saturated rings. The van der Waals surface area contributed by atoms with Crippen molar-refractivity contribution in [3.63, 3.8) is 0 Å². The van der Waals surface area contributed by atoms with Crippen molar-refractivity contribution in [1.82, 2.24) is 4.90 Å². The SMILES string of the molecule is O=C(CN1C(=O)S/C(=C\c2ccc(Sc3ccc(Cl)cc3)c([N+](=O)[O-])c2)C1=O)Nc1ccc(N2CCOCC2)cc1. The topological polar surface area (TPSA) is 122 Å². The molecule has 0 aromatic heterocycles. The normalized spacial score (nSPS) is 16.4. The first-order valence-corrected chi connectivity index (χ1v) is 14.5. The van der Waals surface area contributed by atoms with Crippen LogP contribution in [-0.2, 0) is 14.3 Å². The van der Waals surface area contributed by atoms with Gasteiger partial charge in [-0.15, -0.1) is 0 Å². The van der Waals surface area contributed by atoms with E-state index in [9.17, 15) is 24.5 Å². The number of ether oxygens (including phenoxy) is 1. The number of carbonyl (C=O) groups is 3. The minimum absolute atomic E-state index is 0.0741. The number of anilines is 2. The van der Waals surface area contributed by atoms with E-state index >= 15 is 0 Å². The van der Waals surface area contributed by atoms with Gasteiger partial charge in [0.2, 0.25) is 5.91 Å². The van der Waals surface area contributed by atoms with Gasteiger partial charge >= 0.3 is 0 Å². The Labute approximate surface area is 248 Å². The van der Waals surface area contributed by atoms with Gasteiger partial charge in [0.25, 0.3) is 16.8 Å². The molecule has 2 saturated heterocycles. The van der Waals surface area contributed by atoms with E-state index < -0.39 is 28.5 Å². The van der Waals surface area contributed by atoms with E-state index in [0.29, 0.717) is 46.1 Å². The molecule has 210 valence electrons. The number of rotatable bonds is 8. The Bertz CT molecular complexity index is 1530. The fraction of sp³-hybridized carbons (Fsp3) is 0.179. The quantitative estimate of drug-likeness (QED) is 0.188.